The first kappa shape index (κ1) is 10.1. The average molecular weight is 219 g/mol. The molecule has 0 aliphatic heterocycles. The van der Waals surface area contributed by atoms with Crippen LogP contribution < -0.4 is 10.9 Å². The lowest BCUT2D eigenvalue weighted by atomic mass is 10.4. The molecule has 1 amide bonds. The molecule has 0 saturated heterocycles. The first-order valence-electron chi connectivity index (χ1n) is 4.52. The van der Waals surface area contributed by atoms with E-state index < -0.39 is 5.91 Å². The molecule has 0 atom stereocenters. The highest BCUT2D eigenvalue weighted by Gasteiger charge is 2.10. The third-order valence-electron chi connectivity index (χ3n) is 1.71. The van der Waals surface area contributed by atoms with Gasteiger partial charge in [-0.25, -0.2) is 9.97 Å². The minimum absolute atomic E-state index is 0.195. The maximum atomic E-state index is 11.5. The van der Waals surface area contributed by atoms with Gasteiger partial charge in [0.15, 0.2) is 5.69 Å². The Bertz CT molecular complexity index is 482. The molecule has 16 heavy (non-hydrogen) atoms. The molecular weight excluding hydrogens is 210 g/mol. The van der Waals surface area contributed by atoms with Gasteiger partial charge in [0.25, 0.3) is 5.91 Å². The highest BCUT2D eigenvalue weighted by molar-refractivity contribution is 5.92. The van der Waals surface area contributed by atoms with E-state index in [1.807, 2.05) is 0 Å². The third-order valence-corrected chi connectivity index (χ3v) is 1.71. The summed E-state index contributed by atoms with van der Waals surface area (Å²) in [6.45, 7) is 1.71. The molecule has 2 aromatic heterocycles. The number of nitrogens with one attached hydrogen (secondary N) is 2. The van der Waals surface area contributed by atoms with Crippen molar-refractivity contribution in [1.29, 1.82) is 0 Å². The van der Waals surface area contributed by atoms with E-state index in [1.54, 1.807) is 25.4 Å². The zero-order chi connectivity index (χ0) is 11.4. The summed E-state index contributed by atoms with van der Waals surface area (Å²) in [5.41, 5.74) is 5.14. The van der Waals surface area contributed by atoms with Gasteiger partial charge in [0, 0.05) is 18.5 Å². The van der Waals surface area contributed by atoms with Crippen molar-refractivity contribution in [2.24, 2.45) is 0 Å². The van der Waals surface area contributed by atoms with Crippen LogP contribution in [0.4, 0.5) is 5.95 Å². The number of hydrogen-bond acceptors (Lipinski definition) is 6. The molecule has 0 saturated carbocycles. The molecule has 0 fully saturated rings. The van der Waals surface area contributed by atoms with E-state index in [9.17, 15) is 4.79 Å². The molecule has 0 bridgehead atoms. The Kier molecular flexibility index (Phi) is 2.77. The highest BCUT2D eigenvalue weighted by atomic mass is 16.5. The van der Waals surface area contributed by atoms with Crippen molar-refractivity contribution in [2.75, 3.05) is 5.43 Å². The average Bonchev–Trinajstić information content (AvgIpc) is 2.74. The van der Waals surface area contributed by atoms with Gasteiger partial charge in [-0.15, -0.1) is 0 Å². The smallest absolute Gasteiger partial charge is 0.291 e. The van der Waals surface area contributed by atoms with Crippen LogP contribution in [0.15, 0.2) is 29.0 Å². The summed E-state index contributed by atoms with van der Waals surface area (Å²) in [4.78, 5) is 19.2. The van der Waals surface area contributed by atoms with Crippen molar-refractivity contribution in [3.8, 4) is 0 Å². The van der Waals surface area contributed by atoms with Crippen molar-refractivity contribution < 1.29 is 9.32 Å². The number of carbonyl (C=O) groups is 1. The lowest BCUT2D eigenvalue weighted by molar-refractivity contribution is 0.0953. The molecule has 0 aromatic carbocycles. The second kappa shape index (κ2) is 4.39. The summed E-state index contributed by atoms with van der Waals surface area (Å²) in [5.74, 6) is 0.460. The first-order chi connectivity index (χ1) is 7.75. The summed E-state index contributed by atoms with van der Waals surface area (Å²) >= 11 is 0. The minimum Gasteiger partial charge on any atom is -0.361 e. The van der Waals surface area contributed by atoms with E-state index in [2.05, 4.69) is 26.0 Å². The van der Waals surface area contributed by atoms with Crippen LogP contribution >= 0.6 is 0 Å². The van der Waals surface area contributed by atoms with Gasteiger partial charge in [0.2, 0.25) is 5.95 Å². The van der Waals surface area contributed by atoms with Crippen molar-refractivity contribution >= 4 is 11.9 Å². The van der Waals surface area contributed by atoms with Crippen LogP contribution in [-0.2, 0) is 0 Å². The Balaban J connectivity index is 1.94. The molecule has 2 aromatic rings. The topological polar surface area (TPSA) is 92.9 Å². The van der Waals surface area contributed by atoms with Crippen LogP contribution in [0.5, 0.6) is 0 Å². The molecular formula is C9H9N5O2. The van der Waals surface area contributed by atoms with Crippen LogP contribution in [0.1, 0.15) is 16.2 Å². The van der Waals surface area contributed by atoms with Gasteiger partial charge in [-0.1, -0.05) is 5.16 Å². The van der Waals surface area contributed by atoms with Crippen molar-refractivity contribution in [2.45, 2.75) is 6.92 Å². The third kappa shape index (κ3) is 2.32. The fraction of sp³-hybridized carbons (Fsp3) is 0.111. The lowest BCUT2D eigenvalue weighted by Crippen LogP contribution is -2.30. The molecule has 0 radical (unpaired) electrons. The van der Waals surface area contributed by atoms with Crippen LogP contribution in [0.2, 0.25) is 0 Å². The molecule has 2 heterocycles. The standard InChI is InChI=1S/C9H9N5O2/c1-6-5-7(14-16-6)8(15)12-13-9-10-3-2-4-11-9/h2-5H,1H3,(H,12,15)(H,10,11,13). The number of carbonyl (C=O) groups excluding carboxylic acids is 1. The van der Waals surface area contributed by atoms with Gasteiger partial charge < -0.3 is 4.52 Å². The SMILES string of the molecule is Cc1cc(C(=O)NNc2ncccn2)no1. The second-order valence-corrected chi connectivity index (χ2v) is 2.97. The van der Waals surface area contributed by atoms with E-state index >= 15 is 0 Å². The van der Waals surface area contributed by atoms with Gasteiger partial charge >= 0.3 is 0 Å². The number of rotatable bonds is 3. The maximum absolute atomic E-state index is 11.5. The fourth-order valence-electron chi connectivity index (χ4n) is 1.01. The maximum Gasteiger partial charge on any atom is 0.291 e. The zero-order valence-corrected chi connectivity index (χ0v) is 8.47. The fourth-order valence-corrected chi connectivity index (χ4v) is 1.01. The van der Waals surface area contributed by atoms with Gasteiger partial charge in [0.1, 0.15) is 5.76 Å². The lowest BCUT2D eigenvalue weighted by Gasteiger charge is -2.03. The van der Waals surface area contributed by atoms with Crippen LogP contribution in [-0.4, -0.2) is 21.0 Å². The molecule has 2 N–H and O–H groups in total. The van der Waals surface area contributed by atoms with E-state index in [0.29, 0.717) is 11.7 Å². The molecule has 7 nitrogen and oxygen atoms in total. The van der Waals surface area contributed by atoms with Crippen molar-refractivity contribution in [1.82, 2.24) is 20.6 Å². The largest absolute Gasteiger partial charge is 0.361 e. The monoisotopic (exact) mass is 219 g/mol. The zero-order valence-electron chi connectivity index (χ0n) is 8.47. The Morgan fingerprint density at radius 3 is 2.75 bits per heavy atom. The van der Waals surface area contributed by atoms with Crippen LogP contribution in [0, 0.1) is 6.92 Å². The first-order valence-corrected chi connectivity index (χ1v) is 4.52. The number of hydrazine groups is 1. The molecule has 0 aliphatic rings. The summed E-state index contributed by atoms with van der Waals surface area (Å²) in [6.07, 6.45) is 3.11. The van der Waals surface area contributed by atoms with Crippen molar-refractivity contribution in [3.63, 3.8) is 0 Å². The molecule has 0 spiro atoms. The normalized spacial score (nSPS) is 9.81. The second-order valence-electron chi connectivity index (χ2n) is 2.97. The predicted octanol–water partition coefficient (Wildman–Crippen LogP) is 0.530. The highest BCUT2D eigenvalue weighted by Crippen LogP contribution is 2.01. The number of amides is 1. The number of anilines is 1. The Labute approximate surface area is 90.9 Å². The van der Waals surface area contributed by atoms with Gasteiger partial charge in [-0.3, -0.25) is 15.6 Å². The molecule has 0 aliphatic carbocycles. The Morgan fingerprint density at radius 1 is 1.38 bits per heavy atom. The van der Waals surface area contributed by atoms with E-state index in [-0.39, 0.29) is 5.69 Å². The number of hydrogen-bond donors (Lipinski definition) is 2. The van der Waals surface area contributed by atoms with E-state index in [4.69, 9.17) is 4.52 Å². The van der Waals surface area contributed by atoms with Crippen LogP contribution in [0.3, 0.4) is 0 Å². The van der Waals surface area contributed by atoms with Gasteiger partial charge in [-0.2, -0.15) is 0 Å². The molecule has 7 heteroatoms. The minimum atomic E-state index is -0.413. The predicted molar refractivity (Wildman–Crippen MR) is 54.4 cm³/mol. The molecule has 0 unspecified atom stereocenters. The van der Waals surface area contributed by atoms with Crippen LogP contribution in [0.25, 0.3) is 0 Å². The summed E-state index contributed by atoms with van der Waals surface area (Å²) in [5, 5.41) is 3.56. The Morgan fingerprint density at radius 2 is 2.12 bits per heavy atom. The van der Waals surface area contributed by atoms with E-state index in [0.717, 1.165) is 0 Å². The number of aryl methyl sites for hydroxylation is 1. The number of nitrogens with zero attached hydrogens (tertiary/aromatic N) is 3. The van der Waals surface area contributed by atoms with Gasteiger partial charge in [0.05, 0.1) is 0 Å². The van der Waals surface area contributed by atoms with Crippen molar-refractivity contribution in [3.05, 3.63) is 36.0 Å². The van der Waals surface area contributed by atoms with E-state index in [1.165, 1.54) is 6.07 Å². The van der Waals surface area contributed by atoms with Gasteiger partial charge in [-0.05, 0) is 13.0 Å². The number of aromatic nitrogens is 3. The summed E-state index contributed by atoms with van der Waals surface area (Å²) < 4.78 is 4.77. The summed E-state index contributed by atoms with van der Waals surface area (Å²) in [6, 6.07) is 3.21. The summed E-state index contributed by atoms with van der Waals surface area (Å²) in [7, 11) is 0. The Hall–Kier alpha value is -2.44. The molecule has 2 rings (SSSR count). The molecule has 82 valence electrons. The quantitative estimate of drug-likeness (QED) is 0.731.